The molecule has 0 bridgehead atoms. The Morgan fingerprint density at radius 1 is 1.07 bits per heavy atom. The zero-order valence-electron chi connectivity index (χ0n) is 16.2. The van der Waals surface area contributed by atoms with E-state index in [2.05, 4.69) is 15.6 Å². The number of methoxy groups -OCH3 is 1. The van der Waals surface area contributed by atoms with Crippen molar-refractivity contribution in [2.75, 3.05) is 12.4 Å². The third-order valence-corrected chi connectivity index (χ3v) is 4.80. The number of nitrogens with zero attached hydrogens (tertiary/aromatic N) is 1. The standard InChI is InChI=1S/C22H23N3O3/c1-13-10-16(6-7-18(13)25-22(26)24-15-4-5-15)28-20-8-9-23-19-12-21(27-3)14(2)11-17(19)20/h6-12,15H,4-5H2,1-3H3,(H2,24,25,26). The van der Waals surface area contributed by atoms with E-state index in [1.54, 1.807) is 13.3 Å². The number of nitrogens with one attached hydrogen (secondary N) is 2. The van der Waals surface area contributed by atoms with Crippen molar-refractivity contribution < 1.29 is 14.3 Å². The second-order valence-electron chi connectivity index (χ2n) is 7.10. The van der Waals surface area contributed by atoms with Gasteiger partial charge >= 0.3 is 6.03 Å². The molecule has 6 heteroatoms. The van der Waals surface area contributed by atoms with Crippen molar-refractivity contribution in [2.45, 2.75) is 32.7 Å². The van der Waals surface area contributed by atoms with Crippen LogP contribution in [0.1, 0.15) is 24.0 Å². The van der Waals surface area contributed by atoms with Gasteiger partial charge in [0.2, 0.25) is 0 Å². The molecular weight excluding hydrogens is 354 g/mol. The van der Waals surface area contributed by atoms with Gasteiger partial charge < -0.3 is 20.1 Å². The molecule has 1 aliphatic carbocycles. The largest absolute Gasteiger partial charge is 0.496 e. The van der Waals surface area contributed by atoms with E-state index in [-0.39, 0.29) is 6.03 Å². The summed E-state index contributed by atoms with van der Waals surface area (Å²) in [4.78, 5) is 16.4. The number of aromatic nitrogens is 1. The van der Waals surface area contributed by atoms with E-state index in [9.17, 15) is 4.79 Å². The Hall–Kier alpha value is -3.28. The fourth-order valence-electron chi connectivity index (χ4n) is 3.10. The highest BCUT2D eigenvalue weighted by atomic mass is 16.5. The van der Waals surface area contributed by atoms with Crippen LogP contribution in [0.3, 0.4) is 0 Å². The monoisotopic (exact) mass is 377 g/mol. The molecule has 2 N–H and O–H groups in total. The fourth-order valence-corrected chi connectivity index (χ4v) is 3.10. The zero-order chi connectivity index (χ0) is 19.7. The van der Waals surface area contributed by atoms with Crippen LogP contribution in [0.4, 0.5) is 10.5 Å². The molecular formula is C22H23N3O3. The van der Waals surface area contributed by atoms with Gasteiger partial charge in [-0.2, -0.15) is 0 Å². The first-order valence-electron chi connectivity index (χ1n) is 9.33. The number of hydrogen-bond acceptors (Lipinski definition) is 4. The van der Waals surface area contributed by atoms with Crippen LogP contribution < -0.4 is 20.1 Å². The number of pyridine rings is 1. The minimum atomic E-state index is -0.163. The van der Waals surface area contributed by atoms with Gasteiger partial charge in [0.25, 0.3) is 0 Å². The third kappa shape index (κ3) is 3.86. The topological polar surface area (TPSA) is 72.5 Å². The number of ether oxygens (including phenoxy) is 2. The molecule has 1 aromatic heterocycles. The molecule has 3 aromatic rings. The zero-order valence-corrected chi connectivity index (χ0v) is 16.2. The molecule has 4 rings (SSSR count). The first kappa shape index (κ1) is 18.1. The van der Waals surface area contributed by atoms with Gasteiger partial charge in [-0.25, -0.2) is 4.79 Å². The highest BCUT2D eigenvalue weighted by Gasteiger charge is 2.23. The Balaban J connectivity index is 1.56. The van der Waals surface area contributed by atoms with Crippen LogP contribution in [-0.4, -0.2) is 24.2 Å². The second kappa shape index (κ2) is 7.38. The molecule has 1 fully saturated rings. The van der Waals surface area contributed by atoms with E-state index in [1.807, 2.05) is 50.2 Å². The van der Waals surface area contributed by atoms with Crippen LogP contribution in [0.15, 0.2) is 42.6 Å². The van der Waals surface area contributed by atoms with Gasteiger partial charge in [-0.1, -0.05) is 0 Å². The Bertz CT molecular complexity index is 1040. The highest BCUT2D eigenvalue weighted by molar-refractivity contribution is 5.90. The number of benzene rings is 2. The predicted octanol–water partition coefficient (Wildman–Crippen LogP) is 4.94. The van der Waals surface area contributed by atoms with Gasteiger partial charge in [0.1, 0.15) is 17.2 Å². The summed E-state index contributed by atoms with van der Waals surface area (Å²) in [6.45, 7) is 3.94. The summed E-state index contributed by atoms with van der Waals surface area (Å²) in [7, 11) is 1.65. The maximum atomic E-state index is 12.0. The van der Waals surface area contributed by atoms with Crippen LogP contribution in [0, 0.1) is 13.8 Å². The summed E-state index contributed by atoms with van der Waals surface area (Å²) in [5.74, 6) is 2.22. The maximum Gasteiger partial charge on any atom is 0.319 e. The summed E-state index contributed by atoms with van der Waals surface area (Å²) in [5, 5.41) is 6.73. The molecule has 28 heavy (non-hydrogen) atoms. The normalized spacial score (nSPS) is 13.2. The number of rotatable bonds is 5. The van der Waals surface area contributed by atoms with E-state index >= 15 is 0 Å². The molecule has 1 heterocycles. The lowest BCUT2D eigenvalue weighted by molar-refractivity contribution is 0.251. The molecule has 6 nitrogen and oxygen atoms in total. The Morgan fingerprint density at radius 3 is 2.61 bits per heavy atom. The van der Waals surface area contributed by atoms with Crippen LogP contribution in [0.2, 0.25) is 0 Å². The molecule has 144 valence electrons. The number of fused-ring (bicyclic) bond motifs is 1. The van der Waals surface area contributed by atoms with Crippen LogP contribution in [0.25, 0.3) is 10.9 Å². The minimum absolute atomic E-state index is 0.163. The molecule has 0 radical (unpaired) electrons. The number of urea groups is 1. The lowest BCUT2D eigenvalue weighted by Gasteiger charge is -2.13. The number of amides is 2. The van der Waals surface area contributed by atoms with Crippen molar-refractivity contribution in [3.63, 3.8) is 0 Å². The fraction of sp³-hybridized carbons (Fsp3) is 0.273. The molecule has 0 spiro atoms. The lowest BCUT2D eigenvalue weighted by atomic mass is 10.1. The minimum Gasteiger partial charge on any atom is -0.496 e. The molecule has 0 unspecified atom stereocenters. The SMILES string of the molecule is COc1cc2nccc(Oc3ccc(NC(=O)NC4CC4)c(C)c3)c2cc1C. The van der Waals surface area contributed by atoms with Gasteiger partial charge in [-0.3, -0.25) is 4.98 Å². The lowest BCUT2D eigenvalue weighted by Crippen LogP contribution is -2.30. The Labute approximate surface area is 163 Å². The van der Waals surface area contributed by atoms with Gasteiger partial charge in [0.15, 0.2) is 0 Å². The van der Waals surface area contributed by atoms with Crippen LogP contribution in [-0.2, 0) is 0 Å². The smallest absolute Gasteiger partial charge is 0.319 e. The molecule has 0 aliphatic heterocycles. The Morgan fingerprint density at radius 2 is 1.89 bits per heavy atom. The van der Waals surface area contributed by atoms with E-state index in [4.69, 9.17) is 9.47 Å². The average Bonchev–Trinajstić information content (AvgIpc) is 3.48. The predicted molar refractivity (Wildman–Crippen MR) is 109 cm³/mol. The highest BCUT2D eigenvalue weighted by Crippen LogP contribution is 2.33. The van der Waals surface area contributed by atoms with E-state index in [0.717, 1.165) is 52.1 Å². The molecule has 2 aromatic carbocycles. The average molecular weight is 377 g/mol. The number of hydrogen-bond donors (Lipinski definition) is 2. The van der Waals surface area contributed by atoms with E-state index in [0.29, 0.717) is 11.8 Å². The van der Waals surface area contributed by atoms with Crippen LogP contribution >= 0.6 is 0 Å². The van der Waals surface area contributed by atoms with E-state index < -0.39 is 0 Å². The van der Waals surface area contributed by atoms with Crippen molar-refractivity contribution in [3.05, 3.63) is 53.7 Å². The van der Waals surface area contributed by atoms with Crippen molar-refractivity contribution in [1.29, 1.82) is 0 Å². The van der Waals surface area contributed by atoms with Gasteiger partial charge in [-0.15, -0.1) is 0 Å². The van der Waals surface area contributed by atoms with Gasteiger partial charge in [-0.05, 0) is 68.1 Å². The van der Waals surface area contributed by atoms with Crippen molar-refractivity contribution in [2.24, 2.45) is 0 Å². The number of aryl methyl sites for hydroxylation is 2. The Kier molecular flexibility index (Phi) is 4.77. The first-order valence-corrected chi connectivity index (χ1v) is 9.33. The van der Waals surface area contributed by atoms with E-state index in [1.165, 1.54) is 0 Å². The number of carbonyl (C=O) groups excluding carboxylic acids is 1. The third-order valence-electron chi connectivity index (χ3n) is 4.80. The summed E-state index contributed by atoms with van der Waals surface area (Å²) >= 11 is 0. The van der Waals surface area contributed by atoms with Crippen LogP contribution in [0.5, 0.6) is 17.2 Å². The van der Waals surface area contributed by atoms with Gasteiger partial charge in [0, 0.05) is 29.4 Å². The van der Waals surface area contributed by atoms with Gasteiger partial charge in [0.05, 0.1) is 12.6 Å². The molecule has 0 saturated heterocycles. The first-order chi connectivity index (χ1) is 13.5. The molecule has 1 aliphatic rings. The number of anilines is 1. The quantitative estimate of drug-likeness (QED) is 0.661. The summed E-state index contributed by atoms with van der Waals surface area (Å²) in [5.41, 5.74) is 3.53. The summed E-state index contributed by atoms with van der Waals surface area (Å²) < 4.78 is 11.5. The molecule has 2 amide bonds. The number of carbonyl (C=O) groups is 1. The summed E-state index contributed by atoms with van der Waals surface area (Å²) in [6.07, 6.45) is 3.84. The molecule has 1 saturated carbocycles. The summed E-state index contributed by atoms with van der Waals surface area (Å²) in [6, 6.07) is 11.6. The second-order valence-corrected chi connectivity index (χ2v) is 7.10. The molecule has 0 atom stereocenters. The van der Waals surface area contributed by atoms with Crippen molar-refractivity contribution in [3.8, 4) is 17.2 Å². The van der Waals surface area contributed by atoms with Crippen molar-refractivity contribution >= 4 is 22.6 Å². The maximum absolute atomic E-state index is 12.0. The van der Waals surface area contributed by atoms with Crippen molar-refractivity contribution in [1.82, 2.24) is 10.3 Å².